The van der Waals surface area contributed by atoms with Crippen molar-refractivity contribution < 1.29 is 59.2 Å². The predicted molar refractivity (Wildman–Crippen MR) is 130 cm³/mol. The maximum Gasteiger partial charge on any atom is 0.338 e. The number of esters is 3. The number of aromatic hydroxyl groups is 4. The Morgan fingerprint density at radius 1 is 0.816 bits per heavy atom. The summed E-state index contributed by atoms with van der Waals surface area (Å²) >= 11 is 0. The first-order valence-corrected chi connectivity index (χ1v) is 11.2. The lowest BCUT2D eigenvalue weighted by molar-refractivity contribution is -0.206. The van der Waals surface area contributed by atoms with Crippen LogP contribution in [0.25, 0.3) is 12.2 Å². The van der Waals surface area contributed by atoms with Crippen LogP contribution in [0.5, 0.6) is 23.0 Å². The van der Waals surface area contributed by atoms with Crippen LogP contribution in [0.15, 0.2) is 48.6 Å². The number of rotatable bonds is 7. The molecule has 0 aromatic heterocycles. The van der Waals surface area contributed by atoms with Gasteiger partial charge < -0.3 is 44.8 Å². The minimum Gasteiger partial charge on any atom is -0.504 e. The van der Waals surface area contributed by atoms with E-state index in [2.05, 4.69) is 4.74 Å². The Kier molecular flexibility index (Phi) is 8.61. The number of ether oxygens (including phenoxy) is 3. The van der Waals surface area contributed by atoms with Gasteiger partial charge in [-0.15, -0.1) is 0 Å². The highest BCUT2D eigenvalue weighted by Crippen LogP contribution is 2.34. The number of phenolic OH excluding ortho intramolecular Hbond substituents is 4. The van der Waals surface area contributed by atoms with Crippen LogP contribution in [0.2, 0.25) is 0 Å². The van der Waals surface area contributed by atoms with Crippen molar-refractivity contribution >= 4 is 30.1 Å². The third-order valence-corrected chi connectivity index (χ3v) is 5.74. The summed E-state index contributed by atoms with van der Waals surface area (Å²) in [5, 5.41) is 59.2. The summed E-state index contributed by atoms with van der Waals surface area (Å²) in [6, 6.07) is 7.61. The zero-order valence-corrected chi connectivity index (χ0v) is 20.1. The second-order valence-corrected chi connectivity index (χ2v) is 8.54. The molecule has 12 nitrogen and oxygen atoms in total. The molecule has 2 aromatic rings. The van der Waals surface area contributed by atoms with Gasteiger partial charge in [-0.1, -0.05) is 12.1 Å². The summed E-state index contributed by atoms with van der Waals surface area (Å²) in [4.78, 5) is 37.1. The average molecular weight is 530 g/mol. The fourth-order valence-electron chi connectivity index (χ4n) is 3.84. The topological polar surface area (TPSA) is 200 Å². The summed E-state index contributed by atoms with van der Waals surface area (Å²) in [7, 11) is 1.03. The van der Waals surface area contributed by atoms with E-state index in [-0.39, 0.29) is 11.5 Å². The van der Waals surface area contributed by atoms with Gasteiger partial charge in [-0.3, -0.25) is 0 Å². The van der Waals surface area contributed by atoms with Gasteiger partial charge in [0.15, 0.2) is 34.7 Å². The molecule has 1 fully saturated rings. The second kappa shape index (κ2) is 11.7. The van der Waals surface area contributed by atoms with E-state index in [9.17, 15) is 45.0 Å². The molecule has 202 valence electrons. The molecule has 4 atom stereocenters. The van der Waals surface area contributed by atoms with Gasteiger partial charge in [-0.25, -0.2) is 14.4 Å². The van der Waals surface area contributed by atoms with E-state index in [0.29, 0.717) is 11.1 Å². The Morgan fingerprint density at radius 2 is 1.32 bits per heavy atom. The van der Waals surface area contributed by atoms with E-state index in [0.717, 1.165) is 19.3 Å². The van der Waals surface area contributed by atoms with Gasteiger partial charge in [-0.2, -0.15) is 0 Å². The van der Waals surface area contributed by atoms with Crippen LogP contribution in [-0.2, 0) is 28.6 Å². The molecule has 2 aromatic carbocycles. The van der Waals surface area contributed by atoms with E-state index in [1.165, 1.54) is 48.6 Å². The zero-order valence-electron chi connectivity index (χ0n) is 20.1. The van der Waals surface area contributed by atoms with Crippen LogP contribution >= 0.6 is 0 Å². The Bertz CT molecular complexity index is 1270. The Balaban J connectivity index is 1.77. The molecule has 6 N–H and O–H groups in total. The van der Waals surface area contributed by atoms with Gasteiger partial charge in [0, 0.05) is 25.0 Å². The SMILES string of the molecule is COC(=O)[C@@]1(O)C[C@@H](O)[C@H](OC(=O)C=Cc2ccc(O)c(O)c2)[C@H](OC(=O)C=Cc2ccc(O)c(O)c2)C1. The van der Waals surface area contributed by atoms with E-state index in [4.69, 9.17) is 9.47 Å². The van der Waals surface area contributed by atoms with E-state index >= 15 is 0 Å². The lowest BCUT2D eigenvalue weighted by Crippen LogP contribution is -2.58. The number of aliphatic hydroxyl groups is 2. The van der Waals surface area contributed by atoms with Crippen molar-refractivity contribution in [2.24, 2.45) is 0 Å². The lowest BCUT2D eigenvalue weighted by Gasteiger charge is -2.41. The number of hydrogen-bond acceptors (Lipinski definition) is 12. The first-order chi connectivity index (χ1) is 17.9. The average Bonchev–Trinajstić information content (AvgIpc) is 2.87. The Labute approximate surface area is 216 Å². The number of aliphatic hydroxyl groups excluding tert-OH is 1. The van der Waals surface area contributed by atoms with Crippen molar-refractivity contribution in [2.75, 3.05) is 7.11 Å². The molecular formula is C26H26O12. The Morgan fingerprint density at radius 3 is 1.79 bits per heavy atom. The summed E-state index contributed by atoms with van der Waals surface area (Å²) < 4.78 is 15.2. The third-order valence-electron chi connectivity index (χ3n) is 5.74. The second-order valence-electron chi connectivity index (χ2n) is 8.54. The van der Waals surface area contributed by atoms with E-state index in [1.807, 2.05) is 0 Å². The first kappa shape index (κ1) is 28.0. The largest absolute Gasteiger partial charge is 0.504 e. The molecule has 1 saturated carbocycles. The number of carbonyl (C=O) groups excluding carboxylic acids is 3. The molecule has 38 heavy (non-hydrogen) atoms. The van der Waals surface area contributed by atoms with Gasteiger partial charge in [0.2, 0.25) is 0 Å². The minimum atomic E-state index is -2.23. The van der Waals surface area contributed by atoms with Gasteiger partial charge >= 0.3 is 17.9 Å². The Hall–Kier alpha value is -4.55. The summed E-state index contributed by atoms with van der Waals surface area (Å²) in [6.45, 7) is 0. The number of phenols is 4. The fourth-order valence-corrected chi connectivity index (χ4v) is 3.84. The predicted octanol–water partition coefficient (Wildman–Crippen LogP) is 1.12. The maximum atomic E-state index is 12.5. The smallest absolute Gasteiger partial charge is 0.338 e. The highest BCUT2D eigenvalue weighted by Gasteiger charge is 2.52. The van der Waals surface area contributed by atoms with Gasteiger partial charge in [-0.05, 0) is 47.5 Å². The van der Waals surface area contributed by atoms with Crippen LogP contribution < -0.4 is 0 Å². The quantitative estimate of drug-likeness (QED) is 0.129. The zero-order chi connectivity index (χ0) is 28.0. The van der Waals surface area contributed by atoms with E-state index in [1.54, 1.807) is 0 Å². The molecular weight excluding hydrogens is 504 g/mol. The number of methoxy groups -OCH3 is 1. The first-order valence-electron chi connectivity index (χ1n) is 11.2. The van der Waals surface area contributed by atoms with Crippen molar-refractivity contribution in [2.45, 2.75) is 36.8 Å². The molecule has 0 radical (unpaired) electrons. The van der Waals surface area contributed by atoms with Crippen molar-refractivity contribution in [3.8, 4) is 23.0 Å². The molecule has 3 rings (SSSR count). The molecule has 0 aliphatic heterocycles. The monoisotopic (exact) mass is 530 g/mol. The number of benzene rings is 2. The molecule has 0 spiro atoms. The lowest BCUT2D eigenvalue weighted by atomic mass is 9.79. The highest BCUT2D eigenvalue weighted by molar-refractivity contribution is 5.88. The van der Waals surface area contributed by atoms with Gasteiger partial charge in [0.1, 0.15) is 6.10 Å². The molecule has 0 amide bonds. The third kappa shape index (κ3) is 6.81. The van der Waals surface area contributed by atoms with Crippen LogP contribution in [0.3, 0.4) is 0 Å². The normalized spacial score (nSPS) is 23.3. The molecule has 0 bridgehead atoms. The van der Waals surface area contributed by atoms with Crippen molar-refractivity contribution in [3.05, 3.63) is 59.7 Å². The fraction of sp³-hybridized carbons (Fsp3) is 0.269. The summed E-state index contributed by atoms with van der Waals surface area (Å²) in [5.41, 5.74) is -1.55. The van der Waals surface area contributed by atoms with Crippen LogP contribution in [0.4, 0.5) is 0 Å². The highest BCUT2D eigenvalue weighted by atomic mass is 16.6. The van der Waals surface area contributed by atoms with Crippen molar-refractivity contribution in [1.29, 1.82) is 0 Å². The molecule has 0 heterocycles. The molecule has 12 heteroatoms. The van der Waals surface area contributed by atoms with E-state index < -0.39 is 66.2 Å². The number of carbonyl (C=O) groups is 3. The van der Waals surface area contributed by atoms with Crippen molar-refractivity contribution in [1.82, 2.24) is 0 Å². The molecule has 0 unspecified atom stereocenters. The van der Waals surface area contributed by atoms with Crippen LogP contribution in [0, 0.1) is 0 Å². The maximum absolute atomic E-state index is 12.5. The van der Waals surface area contributed by atoms with Gasteiger partial charge in [0.25, 0.3) is 0 Å². The van der Waals surface area contributed by atoms with Gasteiger partial charge in [0.05, 0.1) is 13.2 Å². The van der Waals surface area contributed by atoms with Crippen LogP contribution in [-0.4, -0.2) is 79.6 Å². The van der Waals surface area contributed by atoms with Crippen molar-refractivity contribution in [3.63, 3.8) is 0 Å². The molecule has 0 saturated heterocycles. The molecule has 1 aliphatic rings. The number of hydrogen-bond donors (Lipinski definition) is 6. The summed E-state index contributed by atoms with van der Waals surface area (Å²) in [5.74, 6) is -4.57. The standard InChI is InChI=1S/C26H26O12/c1-36-25(34)26(35)12-20(31)24(38-23(33)9-5-15-3-7-17(28)19(30)11-15)21(13-26)37-22(32)8-4-14-2-6-16(27)18(29)10-14/h2-11,20-21,24,27-31,35H,12-13H2,1H3/t20-,21-,24+,26-/m1/s1. The molecule has 1 aliphatic carbocycles. The summed E-state index contributed by atoms with van der Waals surface area (Å²) in [6.07, 6.45) is -1.24. The van der Waals surface area contributed by atoms with Crippen LogP contribution in [0.1, 0.15) is 24.0 Å². The minimum absolute atomic E-state index is 0.334.